The van der Waals surface area contributed by atoms with Crippen LogP contribution in [0.25, 0.3) is 0 Å². The predicted octanol–water partition coefficient (Wildman–Crippen LogP) is 1.16. The van der Waals surface area contributed by atoms with Crippen LogP contribution in [0.5, 0.6) is 5.75 Å². The second kappa shape index (κ2) is 7.97. The molecule has 2 unspecified atom stereocenters. The topological polar surface area (TPSA) is 82.8 Å². The van der Waals surface area contributed by atoms with Crippen LogP contribution in [-0.4, -0.2) is 45.0 Å². The van der Waals surface area contributed by atoms with Crippen LogP contribution < -0.4 is 15.8 Å². The first-order valence-electron chi connectivity index (χ1n) is 7.08. The van der Waals surface area contributed by atoms with Gasteiger partial charge in [0.1, 0.15) is 11.9 Å². The van der Waals surface area contributed by atoms with E-state index < -0.39 is 0 Å². The van der Waals surface area contributed by atoms with Crippen molar-refractivity contribution < 1.29 is 19.0 Å². The molecule has 1 aliphatic rings. The molecule has 6 nitrogen and oxygen atoms in total. The molecule has 2 rings (SSSR count). The zero-order valence-electron chi connectivity index (χ0n) is 12.2. The third kappa shape index (κ3) is 5.00. The van der Waals surface area contributed by atoms with Gasteiger partial charge in [0.2, 0.25) is 5.91 Å². The molecular weight excluding hydrogens is 272 g/mol. The standard InChI is InChI=1S/C15H22N2O4/c1-19-14(9-16)8-15(18)17-11-2-4-12(5-3-11)21-13-6-7-20-10-13/h2-5,13-14H,6-10,16H2,1H3,(H,17,18). The smallest absolute Gasteiger partial charge is 0.227 e. The quantitative estimate of drug-likeness (QED) is 0.788. The average molecular weight is 294 g/mol. The van der Waals surface area contributed by atoms with E-state index in [1.165, 1.54) is 0 Å². The Balaban J connectivity index is 1.82. The predicted molar refractivity (Wildman–Crippen MR) is 79.4 cm³/mol. The lowest BCUT2D eigenvalue weighted by atomic mass is 10.2. The highest BCUT2D eigenvalue weighted by atomic mass is 16.5. The SMILES string of the molecule is COC(CN)CC(=O)Nc1ccc(OC2CCOC2)cc1. The van der Waals surface area contributed by atoms with E-state index in [1.54, 1.807) is 7.11 Å². The van der Waals surface area contributed by atoms with Gasteiger partial charge in [-0.15, -0.1) is 0 Å². The molecule has 0 saturated carbocycles. The first-order chi connectivity index (χ1) is 10.2. The van der Waals surface area contributed by atoms with Gasteiger partial charge in [0.05, 0.1) is 25.7 Å². The Kier molecular flexibility index (Phi) is 5.98. The van der Waals surface area contributed by atoms with E-state index in [2.05, 4.69) is 5.32 Å². The van der Waals surface area contributed by atoms with Crippen molar-refractivity contribution in [2.24, 2.45) is 5.73 Å². The van der Waals surface area contributed by atoms with Crippen molar-refractivity contribution in [1.82, 2.24) is 0 Å². The molecule has 1 heterocycles. The average Bonchev–Trinajstić information content (AvgIpc) is 3.00. The van der Waals surface area contributed by atoms with Crippen LogP contribution in [0.1, 0.15) is 12.8 Å². The number of ether oxygens (including phenoxy) is 3. The summed E-state index contributed by atoms with van der Waals surface area (Å²) in [4.78, 5) is 11.8. The highest BCUT2D eigenvalue weighted by Crippen LogP contribution is 2.19. The number of amides is 1. The fourth-order valence-electron chi connectivity index (χ4n) is 2.10. The molecule has 0 aromatic heterocycles. The van der Waals surface area contributed by atoms with Crippen LogP contribution in [0.4, 0.5) is 5.69 Å². The Morgan fingerprint density at radius 1 is 1.48 bits per heavy atom. The van der Waals surface area contributed by atoms with Crippen LogP contribution in [0.3, 0.4) is 0 Å². The third-order valence-corrected chi connectivity index (χ3v) is 3.34. The summed E-state index contributed by atoms with van der Waals surface area (Å²) < 4.78 is 16.1. The fraction of sp³-hybridized carbons (Fsp3) is 0.533. The van der Waals surface area contributed by atoms with Crippen molar-refractivity contribution >= 4 is 11.6 Å². The Morgan fingerprint density at radius 2 is 2.24 bits per heavy atom. The van der Waals surface area contributed by atoms with Gasteiger partial charge in [-0.2, -0.15) is 0 Å². The Labute approximate surface area is 124 Å². The molecule has 0 aliphatic carbocycles. The minimum Gasteiger partial charge on any atom is -0.488 e. The van der Waals surface area contributed by atoms with Gasteiger partial charge >= 0.3 is 0 Å². The Morgan fingerprint density at radius 3 is 2.81 bits per heavy atom. The maximum absolute atomic E-state index is 11.8. The largest absolute Gasteiger partial charge is 0.488 e. The number of nitrogens with one attached hydrogen (secondary N) is 1. The molecule has 0 spiro atoms. The molecule has 1 saturated heterocycles. The molecule has 21 heavy (non-hydrogen) atoms. The first kappa shape index (κ1) is 15.8. The number of hydrogen-bond donors (Lipinski definition) is 2. The lowest BCUT2D eigenvalue weighted by Crippen LogP contribution is -2.28. The van der Waals surface area contributed by atoms with E-state index in [9.17, 15) is 4.79 Å². The fourth-order valence-corrected chi connectivity index (χ4v) is 2.10. The lowest BCUT2D eigenvalue weighted by molar-refractivity contribution is -0.118. The van der Waals surface area contributed by atoms with Crippen molar-refractivity contribution in [2.75, 3.05) is 32.2 Å². The summed E-state index contributed by atoms with van der Waals surface area (Å²) in [6, 6.07) is 7.30. The summed E-state index contributed by atoms with van der Waals surface area (Å²) in [7, 11) is 1.55. The molecule has 1 aliphatic heterocycles. The van der Waals surface area contributed by atoms with Gasteiger partial charge in [-0.1, -0.05) is 0 Å². The number of carbonyl (C=O) groups is 1. The molecule has 6 heteroatoms. The molecule has 1 fully saturated rings. The molecule has 1 amide bonds. The lowest BCUT2D eigenvalue weighted by Gasteiger charge is -2.14. The molecule has 0 bridgehead atoms. The highest BCUT2D eigenvalue weighted by Gasteiger charge is 2.17. The van der Waals surface area contributed by atoms with Crippen LogP contribution >= 0.6 is 0 Å². The van der Waals surface area contributed by atoms with Gasteiger partial charge in [-0.3, -0.25) is 4.79 Å². The zero-order chi connectivity index (χ0) is 15.1. The maximum Gasteiger partial charge on any atom is 0.227 e. The summed E-state index contributed by atoms with van der Waals surface area (Å²) in [6.45, 7) is 1.71. The minimum atomic E-state index is -0.255. The summed E-state index contributed by atoms with van der Waals surface area (Å²) in [5, 5.41) is 2.81. The first-order valence-corrected chi connectivity index (χ1v) is 7.08. The van der Waals surface area contributed by atoms with E-state index in [-0.39, 0.29) is 24.5 Å². The maximum atomic E-state index is 11.8. The van der Waals surface area contributed by atoms with Gasteiger partial charge in [-0.25, -0.2) is 0 Å². The molecule has 1 aromatic carbocycles. The number of anilines is 1. The number of rotatable bonds is 7. The molecule has 116 valence electrons. The monoisotopic (exact) mass is 294 g/mol. The Hall–Kier alpha value is -1.63. The second-order valence-electron chi connectivity index (χ2n) is 4.97. The Bertz CT molecular complexity index is 439. The van der Waals surface area contributed by atoms with E-state index in [4.69, 9.17) is 19.9 Å². The van der Waals surface area contributed by atoms with E-state index in [0.717, 1.165) is 24.5 Å². The molecule has 2 atom stereocenters. The molecule has 0 radical (unpaired) electrons. The van der Waals surface area contributed by atoms with Crippen molar-refractivity contribution in [1.29, 1.82) is 0 Å². The third-order valence-electron chi connectivity index (χ3n) is 3.34. The van der Waals surface area contributed by atoms with E-state index in [1.807, 2.05) is 24.3 Å². The summed E-state index contributed by atoms with van der Waals surface area (Å²) in [5.41, 5.74) is 6.21. The van der Waals surface area contributed by atoms with Gasteiger partial charge in [0, 0.05) is 25.8 Å². The summed E-state index contributed by atoms with van der Waals surface area (Å²) in [6.07, 6.45) is 1.02. The highest BCUT2D eigenvalue weighted by molar-refractivity contribution is 5.91. The molecular formula is C15H22N2O4. The van der Waals surface area contributed by atoms with Gasteiger partial charge in [0.25, 0.3) is 0 Å². The van der Waals surface area contributed by atoms with Crippen molar-refractivity contribution in [3.8, 4) is 5.75 Å². The van der Waals surface area contributed by atoms with E-state index in [0.29, 0.717) is 13.2 Å². The van der Waals surface area contributed by atoms with Crippen molar-refractivity contribution in [2.45, 2.75) is 25.0 Å². The number of benzene rings is 1. The number of hydrogen-bond acceptors (Lipinski definition) is 5. The number of nitrogens with two attached hydrogens (primary N) is 1. The van der Waals surface area contributed by atoms with Gasteiger partial charge < -0.3 is 25.3 Å². The van der Waals surface area contributed by atoms with Crippen LogP contribution in [0.15, 0.2) is 24.3 Å². The van der Waals surface area contributed by atoms with Crippen LogP contribution in [0.2, 0.25) is 0 Å². The van der Waals surface area contributed by atoms with Crippen molar-refractivity contribution in [3.05, 3.63) is 24.3 Å². The number of methoxy groups -OCH3 is 1. The van der Waals surface area contributed by atoms with Crippen LogP contribution in [-0.2, 0) is 14.3 Å². The van der Waals surface area contributed by atoms with E-state index >= 15 is 0 Å². The van der Waals surface area contributed by atoms with Crippen LogP contribution in [0, 0.1) is 0 Å². The zero-order valence-corrected chi connectivity index (χ0v) is 12.2. The minimum absolute atomic E-state index is 0.120. The van der Waals surface area contributed by atoms with Gasteiger partial charge in [0.15, 0.2) is 0 Å². The summed E-state index contributed by atoms with van der Waals surface area (Å²) >= 11 is 0. The normalized spacial score (nSPS) is 19.2. The summed E-state index contributed by atoms with van der Waals surface area (Å²) in [5.74, 6) is 0.658. The second-order valence-corrected chi connectivity index (χ2v) is 4.97. The van der Waals surface area contributed by atoms with Gasteiger partial charge in [-0.05, 0) is 24.3 Å². The number of carbonyl (C=O) groups excluding carboxylic acids is 1. The van der Waals surface area contributed by atoms with Crippen molar-refractivity contribution in [3.63, 3.8) is 0 Å². The molecule has 1 aromatic rings. The molecule has 3 N–H and O–H groups in total.